The molecule has 1 aromatic heterocycles. The molecule has 0 unspecified atom stereocenters. The van der Waals surface area contributed by atoms with Crippen LogP contribution in [0.5, 0.6) is 6.01 Å². The lowest BCUT2D eigenvalue weighted by Crippen LogP contribution is -2.38. The Balaban J connectivity index is 1.96. The van der Waals surface area contributed by atoms with Gasteiger partial charge < -0.3 is 25.2 Å². The molecule has 1 saturated heterocycles. The molecular weight excluding hydrogens is 262 g/mol. The molecule has 0 spiro atoms. The molecule has 0 amide bonds. The molecule has 8 nitrogen and oxygen atoms in total. The first-order valence-corrected chi connectivity index (χ1v) is 6.84. The van der Waals surface area contributed by atoms with Crippen molar-refractivity contribution < 1.29 is 14.6 Å². The summed E-state index contributed by atoms with van der Waals surface area (Å²) >= 11 is 0. The van der Waals surface area contributed by atoms with E-state index in [9.17, 15) is 0 Å². The first kappa shape index (κ1) is 14.7. The first-order chi connectivity index (χ1) is 9.72. The molecule has 0 radical (unpaired) electrons. The van der Waals surface area contributed by atoms with Crippen LogP contribution >= 0.6 is 0 Å². The van der Waals surface area contributed by atoms with Crippen molar-refractivity contribution in [2.75, 3.05) is 43.5 Å². The molecule has 2 rings (SSSR count). The molecule has 1 fully saturated rings. The van der Waals surface area contributed by atoms with Crippen molar-refractivity contribution in [3.8, 4) is 6.01 Å². The van der Waals surface area contributed by atoms with E-state index >= 15 is 0 Å². The van der Waals surface area contributed by atoms with Crippen LogP contribution < -0.4 is 15.4 Å². The minimum atomic E-state index is 0.0575. The number of piperidine rings is 1. The number of anilines is 2. The van der Waals surface area contributed by atoms with Crippen molar-refractivity contribution in [1.29, 1.82) is 0 Å². The fraction of sp³-hybridized carbons (Fsp3) is 0.750. The number of aromatic nitrogens is 3. The fourth-order valence-corrected chi connectivity index (χ4v) is 2.14. The van der Waals surface area contributed by atoms with Gasteiger partial charge in [0.25, 0.3) is 0 Å². The number of nitrogen functional groups attached to an aromatic ring is 1. The van der Waals surface area contributed by atoms with Crippen LogP contribution in [0.3, 0.4) is 0 Å². The highest BCUT2D eigenvalue weighted by atomic mass is 16.5. The highest BCUT2D eigenvalue weighted by Crippen LogP contribution is 2.20. The highest BCUT2D eigenvalue weighted by molar-refractivity contribution is 5.36. The first-order valence-electron chi connectivity index (χ1n) is 6.84. The summed E-state index contributed by atoms with van der Waals surface area (Å²) in [5, 5.41) is 8.75. The van der Waals surface area contributed by atoms with Gasteiger partial charge >= 0.3 is 6.01 Å². The summed E-state index contributed by atoms with van der Waals surface area (Å²) in [5.74, 6) is 0.707. The maximum atomic E-state index is 8.75. The van der Waals surface area contributed by atoms with E-state index in [0.717, 1.165) is 25.9 Å². The van der Waals surface area contributed by atoms with Gasteiger partial charge in [0.1, 0.15) is 0 Å². The maximum Gasteiger partial charge on any atom is 0.323 e. The quantitative estimate of drug-likeness (QED) is 0.741. The van der Waals surface area contributed by atoms with Crippen molar-refractivity contribution in [3.63, 3.8) is 0 Å². The van der Waals surface area contributed by atoms with Crippen molar-refractivity contribution >= 4 is 11.9 Å². The van der Waals surface area contributed by atoms with Gasteiger partial charge in [-0.15, -0.1) is 0 Å². The van der Waals surface area contributed by atoms with E-state index in [-0.39, 0.29) is 24.7 Å². The topological polar surface area (TPSA) is 107 Å². The van der Waals surface area contributed by atoms with Crippen LogP contribution in [0.1, 0.15) is 19.8 Å². The van der Waals surface area contributed by atoms with Crippen LogP contribution in [0.4, 0.5) is 11.9 Å². The van der Waals surface area contributed by atoms with Crippen LogP contribution in [0, 0.1) is 0 Å². The van der Waals surface area contributed by atoms with E-state index in [1.54, 1.807) is 0 Å². The van der Waals surface area contributed by atoms with E-state index in [1.807, 2.05) is 11.8 Å². The van der Waals surface area contributed by atoms with Crippen LogP contribution in [0.2, 0.25) is 0 Å². The normalized spacial score (nSPS) is 16.4. The monoisotopic (exact) mass is 283 g/mol. The second-order valence-electron chi connectivity index (χ2n) is 4.49. The lowest BCUT2D eigenvalue weighted by atomic mass is 10.1. The summed E-state index contributed by atoms with van der Waals surface area (Å²) in [6, 6.07) is 0.258. The van der Waals surface area contributed by atoms with Crippen LogP contribution in [0.15, 0.2) is 0 Å². The van der Waals surface area contributed by atoms with E-state index in [2.05, 4.69) is 15.0 Å². The third-order valence-electron chi connectivity index (χ3n) is 3.06. The predicted octanol–water partition coefficient (Wildman–Crippen LogP) is -0.170. The minimum absolute atomic E-state index is 0.0575. The lowest BCUT2D eigenvalue weighted by molar-refractivity contribution is 0.0157. The summed E-state index contributed by atoms with van der Waals surface area (Å²) < 4.78 is 10.8. The van der Waals surface area contributed by atoms with Gasteiger partial charge in [0.15, 0.2) is 0 Å². The SMILES string of the molecule is CCOc1nc(N)nc(N2CCC(OCCO)CC2)n1. The molecule has 0 saturated carbocycles. The summed E-state index contributed by atoms with van der Waals surface area (Å²) in [4.78, 5) is 14.4. The fourth-order valence-electron chi connectivity index (χ4n) is 2.14. The minimum Gasteiger partial charge on any atom is -0.464 e. The average molecular weight is 283 g/mol. The molecule has 20 heavy (non-hydrogen) atoms. The summed E-state index contributed by atoms with van der Waals surface area (Å²) in [7, 11) is 0. The van der Waals surface area contributed by atoms with Gasteiger partial charge in [0.2, 0.25) is 11.9 Å². The Labute approximate surface area is 117 Å². The van der Waals surface area contributed by atoms with Crippen LogP contribution in [-0.4, -0.2) is 59.1 Å². The Morgan fingerprint density at radius 1 is 1.30 bits per heavy atom. The number of ether oxygens (including phenoxy) is 2. The summed E-state index contributed by atoms with van der Waals surface area (Å²) in [5.41, 5.74) is 5.67. The summed E-state index contributed by atoms with van der Waals surface area (Å²) in [6.45, 7) is 4.36. The number of nitrogens with zero attached hydrogens (tertiary/aromatic N) is 4. The van der Waals surface area contributed by atoms with Crippen LogP contribution in [0.25, 0.3) is 0 Å². The van der Waals surface area contributed by atoms with E-state index in [4.69, 9.17) is 20.3 Å². The van der Waals surface area contributed by atoms with Crippen molar-refractivity contribution in [2.45, 2.75) is 25.9 Å². The number of rotatable bonds is 6. The zero-order valence-electron chi connectivity index (χ0n) is 11.7. The number of aliphatic hydroxyl groups is 1. The van der Waals surface area contributed by atoms with Gasteiger partial charge in [-0.2, -0.15) is 15.0 Å². The molecule has 112 valence electrons. The standard InChI is InChI=1S/C12H21N5O3/c1-2-19-12-15-10(13)14-11(16-12)17-5-3-9(4-6-17)20-8-7-18/h9,18H,2-8H2,1H3,(H2,13,14,15,16). The Hall–Kier alpha value is -1.67. The van der Waals surface area contributed by atoms with Gasteiger partial charge in [-0.1, -0.05) is 0 Å². The molecule has 1 aliphatic rings. The van der Waals surface area contributed by atoms with Gasteiger partial charge in [-0.05, 0) is 19.8 Å². The van der Waals surface area contributed by atoms with Gasteiger partial charge in [0, 0.05) is 13.1 Å². The van der Waals surface area contributed by atoms with Crippen molar-refractivity contribution in [2.24, 2.45) is 0 Å². The van der Waals surface area contributed by atoms with Crippen LogP contribution in [-0.2, 0) is 4.74 Å². The molecule has 0 aliphatic carbocycles. The third-order valence-corrected chi connectivity index (χ3v) is 3.06. The smallest absolute Gasteiger partial charge is 0.323 e. The molecular formula is C12H21N5O3. The lowest BCUT2D eigenvalue weighted by Gasteiger charge is -2.31. The second kappa shape index (κ2) is 7.20. The second-order valence-corrected chi connectivity index (χ2v) is 4.49. The number of aliphatic hydroxyl groups excluding tert-OH is 1. The zero-order chi connectivity index (χ0) is 14.4. The zero-order valence-corrected chi connectivity index (χ0v) is 11.7. The molecule has 1 aliphatic heterocycles. The Morgan fingerprint density at radius 2 is 2.05 bits per heavy atom. The van der Waals surface area contributed by atoms with E-state index < -0.39 is 0 Å². The molecule has 2 heterocycles. The number of hydrogen-bond acceptors (Lipinski definition) is 8. The van der Waals surface area contributed by atoms with Crippen molar-refractivity contribution in [3.05, 3.63) is 0 Å². The largest absolute Gasteiger partial charge is 0.464 e. The molecule has 8 heteroatoms. The average Bonchev–Trinajstić information content (AvgIpc) is 2.45. The summed E-state index contributed by atoms with van der Waals surface area (Å²) in [6.07, 6.45) is 1.93. The molecule has 3 N–H and O–H groups in total. The number of hydrogen-bond donors (Lipinski definition) is 2. The van der Waals surface area contributed by atoms with Gasteiger partial charge in [-0.25, -0.2) is 0 Å². The van der Waals surface area contributed by atoms with E-state index in [0.29, 0.717) is 19.2 Å². The molecule has 0 bridgehead atoms. The third kappa shape index (κ3) is 3.91. The van der Waals surface area contributed by atoms with E-state index in [1.165, 1.54) is 0 Å². The van der Waals surface area contributed by atoms with Crippen molar-refractivity contribution in [1.82, 2.24) is 15.0 Å². The van der Waals surface area contributed by atoms with Gasteiger partial charge in [-0.3, -0.25) is 0 Å². The van der Waals surface area contributed by atoms with Gasteiger partial charge in [0.05, 0.1) is 25.9 Å². The Bertz CT molecular complexity index is 424. The molecule has 0 atom stereocenters. The highest BCUT2D eigenvalue weighted by Gasteiger charge is 2.22. The molecule has 0 aromatic carbocycles. The number of nitrogens with two attached hydrogens (primary N) is 1. The maximum absolute atomic E-state index is 8.75. The predicted molar refractivity (Wildman–Crippen MR) is 73.7 cm³/mol. The molecule has 1 aromatic rings. The Morgan fingerprint density at radius 3 is 2.70 bits per heavy atom. The Kier molecular flexibility index (Phi) is 5.31.